The highest BCUT2D eigenvalue weighted by molar-refractivity contribution is 6.06. The number of para-hydroxylation sites is 1. The Labute approximate surface area is 135 Å². The van der Waals surface area contributed by atoms with E-state index in [1.807, 2.05) is 31.2 Å². The van der Waals surface area contributed by atoms with Crippen LogP contribution in [0.15, 0.2) is 48.5 Å². The Hall–Kier alpha value is -2.62. The summed E-state index contributed by atoms with van der Waals surface area (Å²) in [7, 11) is 0. The number of hydrogen-bond acceptors (Lipinski definition) is 2. The molecule has 2 aromatic rings. The standard InChI is InChI=1S/C19H20N2O2/c1-2-13-6-3-4-9-17(13)21-19(23)15-8-5-7-14(12-15)18(22)20-16-10-11-16/h3-9,12,16H,2,10-11H2,1H3,(H,20,22)(H,21,23). The molecule has 2 N–H and O–H groups in total. The first-order valence-corrected chi connectivity index (χ1v) is 7.97. The molecule has 0 aliphatic heterocycles. The van der Waals surface area contributed by atoms with E-state index < -0.39 is 0 Å². The van der Waals surface area contributed by atoms with Crippen molar-refractivity contribution >= 4 is 17.5 Å². The van der Waals surface area contributed by atoms with Crippen molar-refractivity contribution in [3.05, 3.63) is 65.2 Å². The number of amides is 2. The fraction of sp³-hybridized carbons (Fsp3) is 0.263. The van der Waals surface area contributed by atoms with Crippen LogP contribution in [-0.2, 0) is 6.42 Å². The molecule has 1 aliphatic carbocycles. The normalized spacial score (nSPS) is 13.4. The van der Waals surface area contributed by atoms with Crippen LogP contribution in [0.2, 0.25) is 0 Å². The minimum Gasteiger partial charge on any atom is -0.349 e. The topological polar surface area (TPSA) is 58.2 Å². The zero-order valence-corrected chi connectivity index (χ0v) is 13.1. The lowest BCUT2D eigenvalue weighted by Crippen LogP contribution is -2.25. The van der Waals surface area contributed by atoms with E-state index in [0.29, 0.717) is 17.2 Å². The largest absolute Gasteiger partial charge is 0.349 e. The Bertz CT molecular complexity index is 736. The summed E-state index contributed by atoms with van der Waals surface area (Å²) in [6.07, 6.45) is 2.93. The van der Waals surface area contributed by atoms with Crippen molar-refractivity contribution in [3.63, 3.8) is 0 Å². The molecule has 1 saturated carbocycles. The average molecular weight is 308 g/mol. The first-order chi connectivity index (χ1) is 11.2. The molecule has 2 aromatic carbocycles. The second kappa shape index (κ2) is 6.65. The molecule has 0 saturated heterocycles. The first kappa shape index (κ1) is 15.3. The minimum absolute atomic E-state index is 0.115. The highest BCUT2D eigenvalue weighted by Gasteiger charge is 2.24. The lowest BCUT2D eigenvalue weighted by Gasteiger charge is -2.10. The van der Waals surface area contributed by atoms with E-state index in [1.165, 1.54) is 0 Å². The second-order valence-corrected chi connectivity index (χ2v) is 5.79. The Morgan fingerprint density at radius 2 is 1.70 bits per heavy atom. The molecular formula is C19H20N2O2. The van der Waals surface area contributed by atoms with E-state index >= 15 is 0 Å². The summed E-state index contributed by atoms with van der Waals surface area (Å²) < 4.78 is 0. The zero-order valence-electron chi connectivity index (χ0n) is 13.1. The molecule has 4 nitrogen and oxygen atoms in total. The summed E-state index contributed by atoms with van der Waals surface area (Å²) in [5.41, 5.74) is 2.91. The number of aryl methyl sites for hydroxylation is 1. The molecule has 118 valence electrons. The monoisotopic (exact) mass is 308 g/mol. The van der Waals surface area contributed by atoms with Crippen molar-refractivity contribution in [3.8, 4) is 0 Å². The molecule has 2 amide bonds. The molecule has 0 aromatic heterocycles. The lowest BCUT2D eigenvalue weighted by atomic mass is 10.1. The molecule has 0 spiro atoms. The summed E-state index contributed by atoms with van der Waals surface area (Å²) in [5.74, 6) is -0.317. The Kier molecular flexibility index (Phi) is 4.42. The van der Waals surface area contributed by atoms with Gasteiger partial charge in [-0.1, -0.05) is 31.2 Å². The lowest BCUT2D eigenvalue weighted by molar-refractivity contribution is 0.0951. The van der Waals surface area contributed by atoms with Gasteiger partial charge in [0.1, 0.15) is 0 Å². The fourth-order valence-corrected chi connectivity index (χ4v) is 2.44. The Morgan fingerprint density at radius 3 is 2.39 bits per heavy atom. The van der Waals surface area contributed by atoms with Gasteiger partial charge in [0.2, 0.25) is 0 Å². The van der Waals surface area contributed by atoms with Crippen molar-refractivity contribution in [1.29, 1.82) is 0 Å². The number of carbonyl (C=O) groups excluding carboxylic acids is 2. The summed E-state index contributed by atoms with van der Waals surface area (Å²) in [5, 5.41) is 5.86. The molecule has 0 bridgehead atoms. The number of anilines is 1. The van der Waals surface area contributed by atoms with Gasteiger partial charge in [-0.2, -0.15) is 0 Å². The number of nitrogens with one attached hydrogen (secondary N) is 2. The van der Waals surface area contributed by atoms with Gasteiger partial charge in [-0.05, 0) is 49.1 Å². The van der Waals surface area contributed by atoms with Gasteiger partial charge < -0.3 is 10.6 Å². The summed E-state index contributed by atoms with van der Waals surface area (Å²) in [6, 6.07) is 14.9. The van der Waals surface area contributed by atoms with Crippen molar-refractivity contribution in [2.24, 2.45) is 0 Å². The number of hydrogen-bond donors (Lipinski definition) is 2. The molecule has 3 rings (SSSR count). The van der Waals surface area contributed by atoms with Crippen molar-refractivity contribution in [2.45, 2.75) is 32.2 Å². The quantitative estimate of drug-likeness (QED) is 0.889. The minimum atomic E-state index is -0.202. The number of benzene rings is 2. The SMILES string of the molecule is CCc1ccccc1NC(=O)c1cccc(C(=O)NC2CC2)c1. The van der Waals surface area contributed by atoms with Crippen LogP contribution in [0, 0.1) is 0 Å². The van der Waals surface area contributed by atoms with Gasteiger partial charge in [-0.3, -0.25) is 9.59 Å². The highest BCUT2D eigenvalue weighted by atomic mass is 16.2. The third kappa shape index (κ3) is 3.77. The third-order valence-electron chi connectivity index (χ3n) is 3.95. The van der Waals surface area contributed by atoms with Crippen LogP contribution in [0.5, 0.6) is 0 Å². The van der Waals surface area contributed by atoms with Crippen LogP contribution in [0.1, 0.15) is 46.0 Å². The Balaban J connectivity index is 1.75. The highest BCUT2D eigenvalue weighted by Crippen LogP contribution is 2.20. The van der Waals surface area contributed by atoms with E-state index in [2.05, 4.69) is 10.6 Å². The van der Waals surface area contributed by atoms with E-state index in [4.69, 9.17) is 0 Å². The molecule has 4 heteroatoms. The zero-order chi connectivity index (χ0) is 16.2. The van der Waals surface area contributed by atoms with Gasteiger partial charge in [-0.15, -0.1) is 0 Å². The predicted molar refractivity (Wildman–Crippen MR) is 90.7 cm³/mol. The van der Waals surface area contributed by atoms with Crippen LogP contribution in [0.4, 0.5) is 5.69 Å². The van der Waals surface area contributed by atoms with Crippen LogP contribution < -0.4 is 10.6 Å². The van der Waals surface area contributed by atoms with E-state index in [0.717, 1.165) is 30.5 Å². The van der Waals surface area contributed by atoms with Crippen molar-refractivity contribution < 1.29 is 9.59 Å². The van der Waals surface area contributed by atoms with Gasteiger partial charge in [0.25, 0.3) is 11.8 Å². The summed E-state index contributed by atoms with van der Waals surface area (Å²) in [6.45, 7) is 2.05. The van der Waals surface area contributed by atoms with Gasteiger partial charge in [-0.25, -0.2) is 0 Å². The molecule has 0 atom stereocenters. The maximum atomic E-state index is 12.4. The molecule has 0 heterocycles. The van der Waals surface area contributed by atoms with Crippen LogP contribution >= 0.6 is 0 Å². The second-order valence-electron chi connectivity index (χ2n) is 5.79. The third-order valence-corrected chi connectivity index (χ3v) is 3.95. The van der Waals surface area contributed by atoms with Crippen LogP contribution in [0.3, 0.4) is 0 Å². The van der Waals surface area contributed by atoms with Crippen molar-refractivity contribution in [1.82, 2.24) is 5.32 Å². The predicted octanol–water partition coefficient (Wildman–Crippen LogP) is 3.39. The van der Waals surface area contributed by atoms with Gasteiger partial charge >= 0.3 is 0 Å². The number of carbonyl (C=O) groups is 2. The maximum absolute atomic E-state index is 12.4. The van der Waals surface area contributed by atoms with E-state index in [1.54, 1.807) is 24.3 Å². The van der Waals surface area contributed by atoms with E-state index in [9.17, 15) is 9.59 Å². The summed E-state index contributed by atoms with van der Waals surface area (Å²) in [4.78, 5) is 24.5. The van der Waals surface area contributed by atoms with Gasteiger partial charge in [0, 0.05) is 22.9 Å². The van der Waals surface area contributed by atoms with Gasteiger partial charge in [0.05, 0.1) is 0 Å². The molecule has 1 aliphatic rings. The molecule has 0 unspecified atom stereocenters. The maximum Gasteiger partial charge on any atom is 0.255 e. The Morgan fingerprint density at radius 1 is 1.00 bits per heavy atom. The smallest absolute Gasteiger partial charge is 0.255 e. The van der Waals surface area contributed by atoms with Crippen molar-refractivity contribution in [2.75, 3.05) is 5.32 Å². The molecule has 1 fully saturated rings. The first-order valence-electron chi connectivity index (χ1n) is 7.97. The van der Waals surface area contributed by atoms with E-state index in [-0.39, 0.29) is 11.8 Å². The van der Waals surface area contributed by atoms with Crippen LogP contribution in [-0.4, -0.2) is 17.9 Å². The van der Waals surface area contributed by atoms with Crippen LogP contribution in [0.25, 0.3) is 0 Å². The summed E-state index contributed by atoms with van der Waals surface area (Å²) >= 11 is 0. The fourth-order valence-electron chi connectivity index (χ4n) is 2.44. The number of rotatable bonds is 5. The molecule has 0 radical (unpaired) electrons. The average Bonchev–Trinajstić information content (AvgIpc) is 3.39. The van der Waals surface area contributed by atoms with Gasteiger partial charge in [0.15, 0.2) is 0 Å². The molecular weight excluding hydrogens is 288 g/mol. The molecule has 23 heavy (non-hydrogen) atoms.